The van der Waals surface area contributed by atoms with E-state index >= 15 is 0 Å². The van der Waals surface area contributed by atoms with Gasteiger partial charge in [-0.25, -0.2) is 14.5 Å². The van der Waals surface area contributed by atoms with Crippen LogP contribution >= 0.6 is 11.3 Å². The van der Waals surface area contributed by atoms with Gasteiger partial charge in [-0.15, -0.1) is 5.10 Å². The first-order valence-corrected chi connectivity index (χ1v) is 9.64. The highest BCUT2D eigenvalue weighted by Gasteiger charge is 2.21. The molecule has 136 valence electrons. The van der Waals surface area contributed by atoms with Gasteiger partial charge in [-0.2, -0.15) is 0 Å². The van der Waals surface area contributed by atoms with Crippen molar-refractivity contribution in [2.75, 3.05) is 36.0 Å². The monoisotopic (exact) mass is 378 g/mol. The van der Waals surface area contributed by atoms with E-state index in [1.54, 1.807) is 23.5 Å². The van der Waals surface area contributed by atoms with Gasteiger partial charge in [-0.05, 0) is 36.4 Å². The molecule has 8 heteroatoms. The molecule has 0 saturated carbocycles. The number of pyridine rings is 1. The van der Waals surface area contributed by atoms with Crippen LogP contribution in [0.25, 0.3) is 16.2 Å². The second-order valence-electron chi connectivity index (χ2n) is 6.45. The van der Waals surface area contributed by atoms with E-state index in [-0.39, 0.29) is 5.75 Å². The number of piperazine rings is 1. The van der Waals surface area contributed by atoms with Crippen molar-refractivity contribution in [1.82, 2.24) is 19.6 Å². The maximum absolute atomic E-state index is 9.43. The molecule has 1 aliphatic heterocycles. The Morgan fingerprint density at radius 1 is 0.926 bits per heavy atom. The van der Waals surface area contributed by atoms with Gasteiger partial charge in [0.05, 0.1) is 11.9 Å². The van der Waals surface area contributed by atoms with E-state index < -0.39 is 0 Å². The largest absolute Gasteiger partial charge is 0.508 e. The van der Waals surface area contributed by atoms with Crippen LogP contribution in [-0.2, 0) is 0 Å². The molecule has 0 radical (unpaired) electrons. The molecule has 4 heterocycles. The molecule has 5 rings (SSSR count). The lowest BCUT2D eigenvalue weighted by Crippen LogP contribution is -2.46. The van der Waals surface area contributed by atoms with Crippen molar-refractivity contribution in [2.45, 2.75) is 0 Å². The standard InChI is InChI=1S/C19H18N6OS/c26-15-6-4-14(5-7-15)16-13-25-18(21-16)27-19(22-25)24-11-9-23(10-12-24)17-3-1-2-8-20-17/h1-8,13,26H,9-12H2. The van der Waals surface area contributed by atoms with Crippen LogP contribution in [0.5, 0.6) is 5.75 Å². The van der Waals surface area contributed by atoms with E-state index in [9.17, 15) is 5.11 Å². The number of aromatic nitrogens is 4. The van der Waals surface area contributed by atoms with Crippen LogP contribution in [-0.4, -0.2) is 50.9 Å². The number of imidazole rings is 1. The summed E-state index contributed by atoms with van der Waals surface area (Å²) >= 11 is 1.60. The number of hydrogen-bond acceptors (Lipinski definition) is 7. The number of fused-ring (bicyclic) bond motifs is 1. The fraction of sp³-hybridized carbons (Fsp3) is 0.211. The van der Waals surface area contributed by atoms with Crippen molar-refractivity contribution in [1.29, 1.82) is 0 Å². The first kappa shape index (κ1) is 16.1. The Morgan fingerprint density at radius 3 is 2.41 bits per heavy atom. The van der Waals surface area contributed by atoms with Crippen LogP contribution in [0.4, 0.5) is 10.9 Å². The van der Waals surface area contributed by atoms with Gasteiger partial charge in [0.15, 0.2) is 0 Å². The summed E-state index contributed by atoms with van der Waals surface area (Å²) in [4.78, 5) is 14.6. The molecular formula is C19H18N6OS. The average molecular weight is 378 g/mol. The Morgan fingerprint density at radius 2 is 1.70 bits per heavy atom. The van der Waals surface area contributed by atoms with Crippen LogP contribution < -0.4 is 9.80 Å². The molecule has 0 unspecified atom stereocenters. The summed E-state index contributed by atoms with van der Waals surface area (Å²) in [7, 11) is 0. The summed E-state index contributed by atoms with van der Waals surface area (Å²) in [5.41, 5.74) is 1.83. The number of anilines is 2. The number of aromatic hydroxyl groups is 1. The molecule has 0 atom stereocenters. The van der Waals surface area contributed by atoms with Gasteiger partial charge in [-0.3, -0.25) is 0 Å². The lowest BCUT2D eigenvalue weighted by Gasteiger charge is -2.34. The minimum atomic E-state index is 0.255. The minimum absolute atomic E-state index is 0.255. The van der Waals surface area contributed by atoms with Crippen LogP contribution in [0.3, 0.4) is 0 Å². The highest BCUT2D eigenvalue weighted by molar-refractivity contribution is 7.20. The number of benzene rings is 1. The quantitative estimate of drug-likeness (QED) is 0.591. The third-order valence-corrected chi connectivity index (χ3v) is 5.70. The number of phenolic OH excluding ortho intramolecular Hbond substituents is 1. The fourth-order valence-electron chi connectivity index (χ4n) is 3.26. The van der Waals surface area contributed by atoms with Crippen LogP contribution in [0.1, 0.15) is 0 Å². The maximum Gasteiger partial charge on any atom is 0.214 e. The molecule has 1 aromatic carbocycles. The van der Waals surface area contributed by atoms with Gasteiger partial charge in [-0.1, -0.05) is 17.4 Å². The predicted octanol–water partition coefficient (Wildman–Crippen LogP) is 2.89. The Balaban J connectivity index is 1.31. The van der Waals surface area contributed by atoms with Gasteiger partial charge in [0.1, 0.15) is 11.6 Å². The lowest BCUT2D eigenvalue weighted by molar-refractivity contribution is 0.475. The average Bonchev–Trinajstić information content (AvgIpc) is 3.29. The van der Waals surface area contributed by atoms with Crippen molar-refractivity contribution in [3.05, 3.63) is 54.9 Å². The molecule has 0 bridgehead atoms. The predicted molar refractivity (Wildman–Crippen MR) is 107 cm³/mol. The molecule has 0 spiro atoms. The Kier molecular flexibility index (Phi) is 3.90. The SMILES string of the molecule is Oc1ccc(-c2cn3nc(N4CCN(c5ccccn5)CC4)sc3n2)cc1. The molecule has 7 nitrogen and oxygen atoms in total. The minimum Gasteiger partial charge on any atom is -0.508 e. The van der Waals surface area contributed by atoms with E-state index in [2.05, 4.69) is 25.8 Å². The third kappa shape index (κ3) is 3.08. The molecular weight excluding hydrogens is 360 g/mol. The Labute approximate surface area is 160 Å². The van der Waals surface area contributed by atoms with Crippen LogP contribution in [0.15, 0.2) is 54.9 Å². The highest BCUT2D eigenvalue weighted by atomic mass is 32.1. The van der Waals surface area contributed by atoms with E-state index in [1.807, 2.05) is 41.2 Å². The first-order valence-electron chi connectivity index (χ1n) is 8.83. The zero-order valence-corrected chi connectivity index (χ0v) is 15.4. The zero-order chi connectivity index (χ0) is 18.2. The highest BCUT2D eigenvalue weighted by Crippen LogP contribution is 2.28. The van der Waals surface area contributed by atoms with Gasteiger partial charge < -0.3 is 14.9 Å². The summed E-state index contributed by atoms with van der Waals surface area (Å²) < 4.78 is 1.84. The van der Waals surface area contributed by atoms with Gasteiger partial charge in [0.2, 0.25) is 10.1 Å². The van der Waals surface area contributed by atoms with Crippen molar-refractivity contribution in [3.8, 4) is 17.0 Å². The second kappa shape index (κ2) is 6.55. The number of hydrogen-bond donors (Lipinski definition) is 1. The van der Waals surface area contributed by atoms with Gasteiger partial charge >= 0.3 is 0 Å². The number of nitrogens with zero attached hydrogens (tertiary/aromatic N) is 6. The summed E-state index contributed by atoms with van der Waals surface area (Å²) in [6, 6.07) is 13.1. The summed E-state index contributed by atoms with van der Waals surface area (Å²) in [5, 5.41) is 15.1. The molecule has 1 saturated heterocycles. The first-order chi connectivity index (χ1) is 13.3. The van der Waals surface area contributed by atoms with Gasteiger partial charge in [0.25, 0.3) is 0 Å². The Hall–Kier alpha value is -3.13. The molecule has 3 aromatic heterocycles. The number of phenols is 1. The lowest BCUT2D eigenvalue weighted by atomic mass is 10.2. The summed E-state index contributed by atoms with van der Waals surface area (Å²) in [6.45, 7) is 3.69. The molecule has 1 fully saturated rings. The smallest absolute Gasteiger partial charge is 0.214 e. The van der Waals surface area contributed by atoms with Crippen molar-refractivity contribution in [3.63, 3.8) is 0 Å². The van der Waals surface area contributed by atoms with E-state index in [1.165, 1.54) is 0 Å². The van der Waals surface area contributed by atoms with E-state index in [0.717, 1.165) is 53.3 Å². The molecule has 0 amide bonds. The molecule has 0 aliphatic carbocycles. The van der Waals surface area contributed by atoms with Crippen LogP contribution in [0, 0.1) is 0 Å². The third-order valence-electron chi connectivity index (χ3n) is 4.72. The second-order valence-corrected chi connectivity index (χ2v) is 7.38. The number of rotatable bonds is 3. The zero-order valence-electron chi connectivity index (χ0n) is 14.6. The van der Waals surface area contributed by atoms with Gasteiger partial charge in [0, 0.05) is 37.9 Å². The van der Waals surface area contributed by atoms with E-state index in [4.69, 9.17) is 5.10 Å². The molecule has 1 aliphatic rings. The maximum atomic E-state index is 9.43. The summed E-state index contributed by atoms with van der Waals surface area (Å²) in [5.74, 6) is 1.29. The molecule has 27 heavy (non-hydrogen) atoms. The van der Waals surface area contributed by atoms with Crippen molar-refractivity contribution in [2.24, 2.45) is 0 Å². The summed E-state index contributed by atoms with van der Waals surface area (Å²) in [6.07, 6.45) is 3.77. The topological polar surface area (TPSA) is 69.8 Å². The molecule has 4 aromatic rings. The van der Waals surface area contributed by atoms with Crippen LogP contribution in [0.2, 0.25) is 0 Å². The van der Waals surface area contributed by atoms with Crippen molar-refractivity contribution >= 4 is 27.2 Å². The van der Waals surface area contributed by atoms with Crippen molar-refractivity contribution < 1.29 is 5.11 Å². The van der Waals surface area contributed by atoms with E-state index in [0.29, 0.717) is 0 Å². The Bertz CT molecular complexity index is 1020. The molecule has 1 N–H and O–H groups in total. The normalized spacial score (nSPS) is 14.8. The fourth-order valence-corrected chi connectivity index (χ4v) is 4.19.